The van der Waals surface area contributed by atoms with Gasteiger partial charge in [0.05, 0.1) is 10.7 Å². The molecule has 0 saturated heterocycles. The van der Waals surface area contributed by atoms with E-state index in [4.69, 9.17) is 5.73 Å². The Morgan fingerprint density at radius 1 is 1.75 bits per heavy atom. The minimum absolute atomic E-state index is 0.258. The number of hydrogen-bond acceptors (Lipinski definition) is 4. The maximum Gasteiger partial charge on any atom is 0.109 e. The number of hydrogen-bond donors (Lipinski definition) is 2. The molecule has 1 heterocycles. The molecule has 0 spiro atoms. The van der Waals surface area contributed by atoms with Crippen LogP contribution in [0.1, 0.15) is 35.6 Å². The summed E-state index contributed by atoms with van der Waals surface area (Å²) >= 11 is 1.64. The van der Waals surface area contributed by atoms with Crippen LogP contribution in [-0.2, 0) is 0 Å². The molecular formula is C8H12N2OS. The number of nitrogens with zero attached hydrogens (tertiary/aromatic N) is 1. The van der Waals surface area contributed by atoms with Gasteiger partial charge in [-0.05, 0) is 12.8 Å². The number of aliphatic hydroxyl groups excluding tert-OH is 1. The van der Waals surface area contributed by atoms with Crippen LogP contribution in [0.25, 0.3) is 0 Å². The summed E-state index contributed by atoms with van der Waals surface area (Å²) in [7, 11) is 0. The molecule has 1 aromatic heterocycles. The number of aromatic nitrogens is 1. The van der Waals surface area contributed by atoms with Gasteiger partial charge >= 0.3 is 0 Å². The number of aliphatic hydroxyl groups is 1. The summed E-state index contributed by atoms with van der Waals surface area (Å²) in [4.78, 5) is 4.33. The Morgan fingerprint density at radius 3 is 3.08 bits per heavy atom. The van der Waals surface area contributed by atoms with Gasteiger partial charge in [0, 0.05) is 17.8 Å². The van der Waals surface area contributed by atoms with Crippen LogP contribution in [0, 0.1) is 0 Å². The van der Waals surface area contributed by atoms with E-state index in [2.05, 4.69) is 4.98 Å². The van der Waals surface area contributed by atoms with Crippen LogP contribution in [-0.4, -0.2) is 16.6 Å². The van der Waals surface area contributed by atoms with Gasteiger partial charge in [-0.25, -0.2) is 4.98 Å². The molecule has 1 aliphatic rings. The van der Waals surface area contributed by atoms with Gasteiger partial charge in [-0.3, -0.25) is 0 Å². The molecule has 3 N–H and O–H groups in total. The summed E-state index contributed by atoms with van der Waals surface area (Å²) < 4.78 is 0. The molecule has 0 aliphatic heterocycles. The molecule has 3 nitrogen and oxygen atoms in total. The van der Waals surface area contributed by atoms with E-state index in [-0.39, 0.29) is 6.54 Å². The van der Waals surface area contributed by atoms with E-state index in [0.717, 1.165) is 10.7 Å². The fraction of sp³-hybridized carbons (Fsp3) is 0.625. The number of rotatable bonds is 3. The van der Waals surface area contributed by atoms with E-state index in [1.807, 2.05) is 5.38 Å². The summed E-state index contributed by atoms with van der Waals surface area (Å²) in [5.74, 6) is 0.675. The van der Waals surface area contributed by atoms with E-state index in [1.54, 1.807) is 11.3 Å². The molecule has 1 aliphatic carbocycles. The second kappa shape index (κ2) is 3.12. The SMILES string of the molecule is NC[C@@H](O)c1csc(C2CC2)n1. The van der Waals surface area contributed by atoms with Gasteiger partial charge in [0.15, 0.2) is 0 Å². The molecule has 0 aromatic carbocycles. The molecular weight excluding hydrogens is 172 g/mol. The van der Waals surface area contributed by atoms with Crippen LogP contribution < -0.4 is 5.73 Å². The number of thiazole rings is 1. The first-order chi connectivity index (χ1) is 5.81. The molecule has 0 amide bonds. The predicted octanol–water partition coefficient (Wildman–Crippen LogP) is 1.01. The fourth-order valence-corrected chi connectivity index (χ4v) is 2.13. The maximum absolute atomic E-state index is 9.36. The van der Waals surface area contributed by atoms with E-state index in [1.165, 1.54) is 12.8 Å². The summed E-state index contributed by atoms with van der Waals surface area (Å²) in [6, 6.07) is 0. The summed E-state index contributed by atoms with van der Waals surface area (Å²) in [5.41, 5.74) is 6.06. The molecule has 1 fully saturated rings. The van der Waals surface area contributed by atoms with Crippen molar-refractivity contribution in [2.75, 3.05) is 6.54 Å². The first-order valence-corrected chi connectivity index (χ1v) is 5.02. The van der Waals surface area contributed by atoms with E-state index >= 15 is 0 Å². The van der Waals surface area contributed by atoms with Gasteiger partial charge in [0.25, 0.3) is 0 Å². The lowest BCUT2D eigenvalue weighted by molar-refractivity contribution is 0.182. The highest BCUT2D eigenvalue weighted by Gasteiger charge is 2.27. The topological polar surface area (TPSA) is 59.1 Å². The Balaban J connectivity index is 2.12. The van der Waals surface area contributed by atoms with Crippen molar-refractivity contribution in [1.82, 2.24) is 4.98 Å². The van der Waals surface area contributed by atoms with E-state index in [0.29, 0.717) is 5.92 Å². The van der Waals surface area contributed by atoms with Crippen LogP contribution in [0.5, 0.6) is 0 Å². The summed E-state index contributed by atoms with van der Waals surface area (Å²) in [5, 5.41) is 12.4. The highest BCUT2D eigenvalue weighted by molar-refractivity contribution is 7.09. The molecule has 4 heteroatoms. The molecule has 1 saturated carbocycles. The maximum atomic E-state index is 9.36. The second-order valence-corrected chi connectivity index (χ2v) is 4.03. The summed E-state index contributed by atoms with van der Waals surface area (Å²) in [6.07, 6.45) is 1.94. The Labute approximate surface area is 75.2 Å². The Bertz CT molecular complexity index is 270. The van der Waals surface area contributed by atoms with Crippen LogP contribution in [0.2, 0.25) is 0 Å². The lowest BCUT2D eigenvalue weighted by Gasteiger charge is -2.01. The molecule has 66 valence electrons. The smallest absolute Gasteiger partial charge is 0.109 e. The standard InChI is InChI=1S/C8H12N2OS/c9-3-7(11)6-4-12-8(10-6)5-1-2-5/h4-5,7,11H,1-3,9H2/t7-/m1/s1. The zero-order valence-electron chi connectivity index (χ0n) is 6.73. The first kappa shape index (κ1) is 8.16. The average molecular weight is 184 g/mol. The largest absolute Gasteiger partial charge is 0.385 e. The third-order valence-electron chi connectivity index (χ3n) is 2.03. The van der Waals surface area contributed by atoms with Crippen molar-refractivity contribution in [3.8, 4) is 0 Å². The highest BCUT2D eigenvalue weighted by Crippen LogP contribution is 2.41. The van der Waals surface area contributed by atoms with Gasteiger partial charge in [-0.15, -0.1) is 11.3 Å². The van der Waals surface area contributed by atoms with Crippen molar-refractivity contribution in [1.29, 1.82) is 0 Å². The molecule has 12 heavy (non-hydrogen) atoms. The lowest BCUT2D eigenvalue weighted by Crippen LogP contribution is -2.11. The molecule has 0 bridgehead atoms. The normalized spacial score (nSPS) is 19.5. The van der Waals surface area contributed by atoms with E-state index < -0.39 is 6.10 Å². The van der Waals surface area contributed by atoms with Gasteiger partial charge in [-0.1, -0.05) is 0 Å². The molecule has 1 atom stereocenters. The monoisotopic (exact) mass is 184 g/mol. The Morgan fingerprint density at radius 2 is 2.50 bits per heavy atom. The number of nitrogens with two attached hydrogens (primary N) is 1. The quantitative estimate of drug-likeness (QED) is 0.737. The van der Waals surface area contributed by atoms with Crippen molar-refractivity contribution in [3.63, 3.8) is 0 Å². The lowest BCUT2D eigenvalue weighted by atomic mass is 10.3. The van der Waals surface area contributed by atoms with Gasteiger partial charge in [-0.2, -0.15) is 0 Å². The van der Waals surface area contributed by atoms with E-state index in [9.17, 15) is 5.11 Å². The zero-order valence-corrected chi connectivity index (χ0v) is 7.55. The van der Waals surface area contributed by atoms with Crippen molar-refractivity contribution in [2.45, 2.75) is 24.9 Å². The second-order valence-electron chi connectivity index (χ2n) is 3.14. The van der Waals surface area contributed by atoms with Gasteiger partial charge < -0.3 is 10.8 Å². The van der Waals surface area contributed by atoms with Gasteiger partial charge in [0.2, 0.25) is 0 Å². The predicted molar refractivity (Wildman–Crippen MR) is 48.1 cm³/mol. The third-order valence-corrected chi connectivity index (χ3v) is 3.06. The minimum atomic E-state index is -0.575. The molecule has 0 radical (unpaired) electrons. The van der Waals surface area contributed by atoms with Crippen molar-refractivity contribution in [3.05, 3.63) is 16.1 Å². The zero-order chi connectivity index (χ0) is 8.55. The molecule has 1 aromatic rings. The Hall–Kier alpha value is -0.450. The third kappa shape index (κ3) is 1.50. The van der Waals surface area contributed by atoms with Crippen molar-refractivity contribution >= 4 is 11.3 Å². The first-order valence-electron chi connectivity index (χ1n) is 4.14. The van der Waals surface area contributed by atoms with Crippen LogP contribution in [0.4, 0.5) is 0 Å². The fourth-order valence-electron chi connectivity index (χ4n) is 1.09. The van der Waals surface area contributed by atoms with Crippen LogP contribution in [0.15, 0.2) is 5.38 Å². The minimum Gasteiger partial charge on any atom is -0.385 e. The van der Waals surface area contributed by atoms with Crippen LogP contribution in [0.3, 0.4) is 0 Å². The molecule has 2 rings (SSSR count). The van der Waals surface area contributed by atoms with Crippen molar-refractivity contribution in [2.24, 2.45) is 5.73 Å². The van der Waals surface area contributed by atoms with Gasteiger partial charge in [0.1, 0.15) is 6.10 Å². The highest BCUT2D eigenvalue weighted by atomic mass is 32.1. The average Bonchev–Trinajstić information content (AvgIpc) is 2.83. The molecule has 0 unspecified atom stereocenters. The van der Waals surface area contributed by atoms with Crippen molar-refractivity contribution < 1.29 is 5.11 Å². The summed E-state index contributed by atoms with van der Waals surface area (Å²) in [6.45, 7) is 0.258. The Kier molecular flexibility index (Phi) is 2.12. The van der Waals surface area contributed by atoms with Crippen LogP contribution >= 0.6 is 11.3 Å².